The molecule has 0 saturated heterocycles. The van der Waals surface area contributed by atoms with Crippen molar-refractivity contribution in [1.82, 2.24) is 15.4 Å². The highest BCUT2D eigenvalue weighted by Gasteiger charge is 2.32. The van der Waals surface area contributed by atoms with Gasteiger partial charge >= 0.3 is 12.3 Å². The van der Waals surface area contributed by atoms with Crippen molar-refractivity contribution in [3.8, 4) is 5.75 Å². The Kier molecular flexibility index (Phi) is 3.92. The summed E-state index contributed by atoms with van der Waals surface area (Å²) in [5.74, 6) is -1.44. The minimum Gasteiger partial charge on any atom is -0.476 e. The predicted molar refractivity (Wildman–Crippen MR) is 73.5 cm³/mol. The van der Waals surface area contributed by atoms with Crippen molar-refractivity contribution in [2.75, 3.05) is 0 Å². The Hall–Kier alpha value is -2.23. The highest BCUT2D eigenvalue weighted by atomic mass is 32.2. The topological polar surface area (TPSA) is 88.1 Å². The van der Waals surface area contributed by atoms with Gasteiger partial charge in [0.25, 0.3) is 0 Å². The summed E-state index contributed by atoms with van der Waals surface area (Å²) in [5, 5.41) is 18.9. The van der Waals surface area contributed by atoms with Gasteiger partial charge in [0.15, 0.2) is 5.03 Å². The number of fused-ring (bicyclic) bond motifs is 1. The number of aromatic amines is 1. The fourth-order valence-electron chi connectivity index (χ4n) is 2.44. The van der Waals surface area contributed by atoms with Gasteiger partial charge in [-0.2, -0.15) is 5.21 Å². The zero-order chi connectivity index (χ0) is 16.6. The van der Waals surface area contributed by atoms with Crippen LogP contribution in [0.25, 0.3) is 0 Å². The van der Waals surface area contributed by atoms with Crippen LogP contribution in [0.4, 0.5) is 13.2 Å². The van der Waals surface area contributed by atoms with E-state index in [0.717, 1.165) is 11.1 Å². The Labute approximate surface area is 132 Å². The quantitative estimate of drug-likeness (QED) is 0.886. The van der Waals surface area contributed by atoms with E-state index in [4.69, 9.17) is 5.11 Å². The van der Waals surface area contributed by atoms with Crippen molar-refractivity contribution >= 4 is 17.7 Å². The van der Waals surface area contributed by atoms with E-state index in [9.17, 15) is 18.0 Å². The van der Waals surface area contributed by atoms with Crippen molar-refractivity contribution < 1.29 is 27.8 Å². The third-order valence-electron chi connectivity index (χ3n) is 3.30. The Morgan fingerprint density at radius 3 is 2.74 bits per heavy atom. The maximum absolute atomic E-state index is 12.2. The Balaban J connectivity index is 1.72. The number of hydrogen-bond acceptors (Lipinski definition) is 5. The molecule has 2 aromatic rings. The molecule has 1 heterocycles. The number of rotatable bonds is 4. The fraction of sp³-hybridized carbons (Fsp3) is 0.308. The highest BCUT2D eigenvalue weighted by molar-refractivity contribution is 8.00. The van der Waals surface area contributed by atoms with Crippen molar-refractivity contribution in [3.05, 3.63) is 35.0 Å². The number of alkyl halides is 3. The summed E-state index contributed by atoms with van der Waals surface area (Å²) in [6.45, 7) is 0. The van der Waals surface area contributed by atoms with Gasteiger partial charge in [0.1, 0.15) is 5.75 Å². The predicted octanol–water partition coefficient (Wildman–Crippen LogP) is 2.66. The standard InChI is InChI=1S/C13H10F3N3O3S/c14-13(15,16)22-8-2-1-6-4-9(5-7(6)3-8)23-11-10(12(20)21)17-19-18-11/h1-3,9H,4-5H2,(H,20,21)(H,17,18,19). The summed E-state index contributed by atoms with van der Waals surface area (Å²) in [6.07, 6.45) is -3.61. The minimum absolute atomic E-state index is 0.0191. The maximum Gasteiger partial charge on any atom is 0.573 e. The molecular formula is C13H10F3N3O3S. The molecule has 3 rings (SSSR count). The number of H-pyrrole nitrogens is 1. The lowest BCUT2D eigenvalue weighted by atomic mass is 10.1. The number of ether oxygens (including phenoxy) is 1. The van der Waals surface area contributed by atoms with Gasteiger partial charge in [-0.25, -0.2) is 4.79 Å². The van der Waals surface area contributed by atoms with Crippen LogP contribution in [0.15, 0.2) is 23.2 Å². The average molecular weight is 345 g/mol. The minimum atomic E-state index is -4.72. The highest BCUT2D eigenvalue weighted by Crippen LogP contribution is 2.36. The van der Waals surface area contributed by atoms with Gasteiger partial charge < -0.3 is 9.84 Å². The molecule has 0 amide bonds. The molecule has 1 aromatic heterocycles. The summed E-state index contributed by atoms with van der Waals surface area (Å²) in [6, 6.07) is 4.24. The third-order valence-corrected chi connectivity index (χ3v) is 4.48. The molecule has 1 atom stereocenters. The van der Waals surface area contributed by atoms with Crippen molar-refractivity contribution in [3.63, 3.8) is 0 Å². The lowest BCUT2D eigenvalue weighted by molar-refractivity contribution is -0.274. The molecule has 0 bridgehead atoms. The smallest absolute Gasteiger partial charge is 0.476 e. The van der Waals surface area contributed by atoms with Gasteiger partial charge in [-0.05, 0) is 36.1 Å². The third kappa shape index (κ3) is 3.58. The van der Waals surface area contributed by atoms with Crippen LogP contribution in [0.5, 0.6) is 5.75 Å². The van der Waals surface area contributed by atoms with Crippen molar-refractivity contribution in [2.45, 2.75) is 29.5 Å². The van der Waals surface area contributed by atoms with Crippen LogP contribution in [0.1, 0.15) is 21.6 Å². The molecule has 23 heavy (non-hydrogen) atoms. The van der Waals surface area contributed by atoms with E-state index >= 15 is 0 Å². The molecule has 0 radical (unpaired) electrons. The first kappa shape index (κ1) is 15.7. The number of carboxylic acid groups (broad SMARTS) is 1. The lowest BCUT2D eigenvalue weighted by Crippen LogP contribution is -2.17. The second-order valence-electron chi connectivity index (χ2n) is 4.91. The van der Waals surface area contributed by atoms with Crippen LogP contribution in [0.2, 0.25) is 0 Å². The van der Waals surface area contributed by atoms with Crippen LogP contribution in [-0.2, 0) is 12.8 Å². The summed E-state index contributed by atoms with van der Waals surface area (Å²) >= 11 is 1.24. The SMILES string of the molecule is O=C(O)c1n[nH]nc1SC1Cc2ccc(OC(F)(F)F)cc2C1. The number of halogens is 3. The molecule has 0 fully saturated rings. The fourth-order valence-corrected chi connectivity index (χ4v) is 3.61. The van der Waals surface area contributed by atoms with Gasteiger partial charge in [-0.15, -0.1) is 23.4 Å². The Morgan fingerprint density at radius 2 is 2.04 bits per heavy atom. The zero-order valence-electron chi connectivity index (χ0n) is 11.4. The Morgan fingerprint density at radius 1 is 1.30 bits per heavy atom. The molecule has 6 nitrogen and oxygen atoms in total. The zero-order valence-corrected chi connectivity index (χ0v) is 12.2. The van der Waals surface area contributed by atoms with E-state index in [1.807, 2.05) is 0 Å². The number of benzene rings is 1. The average Bonchev–Trinajstić information content (AvgIpc) is 3.02. The van der Waals surface area contributed by atoms with E-state index in [1.165, 1.54) is 23.9 Å². The molecule has 2 N–H and O–H groups in total. The van der Waals surface area contributed by atoms with Crippen LogP contribution in [0, 0.1) is 0 Å². The van der Waals surface area contributed by atoms with Crippen LogP contribution in [0.3, 0.4) is 0 Å². The number of nitrogens with zero attached hydrogens (tertiary/aromatic N) is 2. The van der Waals surface area contributed by atoms with E-state index in [-0.39, 0.29) is 21.7 Å². The first-order valence-electron chi connectivity index (χ1n) is 6.50. The second-order valence-corrected chi connectivity index (χ2v) is 6.20. The molecule has 0 saturated carbocycles. The first-order chi connectivity index (χ1) is 10.8. The summed E-state index contributed by atoms with van der Waals surface area (Å²) in [7, 11) is 0. The Bertz CT molecular complexity index is 748. The first-order valence-corrected chi connectivity index (χ1v) is 7.38. The van der Waals surface area contributed by atoms with Gasteiger partial charge in [-0.1, -0.05) is 17.8 Å². The number of nitrogens with one attached hydrogen (secondary N) is 1. The summed E-state index contributed by atoms with van der Waals surface area (Å²) in [5.41, 5.74) is 1.51. The normalized spacial score (nSPS) is 17.1. The number of aromatic carboxylic acids is 1. The van der Waals surface area contributed by atoms with Gasteiger partial charge in [0, 0.05) is 5.25 Å². The number of thioether (sulfide) groups is 1. The van der Waals surface area contributed by atoms with Crippen molar-refractivity contribution in [1.29, 1.82) is 0 Å². The van der Waals surface area contributed by atoms with Crippen LogP contribution in [-0.4, -0.2) is 38.1 Å². The van der Waals surface area contributed by atoms with E-state index in [0.29, 0.717) is 12.8 Å². The van der Waals surface area contributed by atoms with E-state index in [2.05, 4.69) is 20.1 Å². The monoisotopic (exact) mass is 345 g/mol. The lowest BCUT2D eigenvalue weighted by Gasteiger charge is -2.09. The van der Waals surface area contributed by atoms with E-state index < -0.39 is 12.3 Å². The van der Waals surface area contributed by atoms with Crippen LogP contribution < -0.4 is 4.74 Å². The molecule has 0 aliphatic heterocycles. The summed E-state index contributed by atoms with van der Waals surface area (Å²) in [4.78, 5) is 11.0. The van der Waals surface area contributed by atoms with Gasteiger partial charge in [-0.3, -0.25) is 0 Å². The number of carbonyl (C=O) groups is 1. The molecular weight excluding hydrogens is 335 g/mol. The van der Waals surface area contributed by atoms with Gasteiger partial charge in [0.05, 0.1) is 0 Å². The van der Waals surface area contributed by atoms with Crippen molar-refractivity contribution in [2.24, 2.45) is 0 Å². The number of carboxylic acids is 1. The molecule has 122 valence electrons. The molecule has 1 aliphatic rings. The largest absolute Gasteiger partial charge is 0.573 e. The number of hydrogen-bond donors (Lipinski definition) is 2. The summed E-state index contributed by atoms with van der Waals surface area (Å²) < 4.78 is 40.6. The molecule has 0 spiro atoms. The maximum atomic E-state index is 12.2. The molecule has 1 aromatic carbocycles. The van der Waals surface area contributed by atoms with E-state index in [1.54, 1.807) is 6.07 Å². The molecule has 10 heteroatoms. The van der Waals surface area contributed by atoms with Gasteiger partial charge in [0.2, 0.25) is 5.69 Å². The van der Waals surface area contributed by atoms with Crippen LogP contribution >= 0.6 is 11.8 Å². The molecule has 1 unspecified atom stereocenters. The second kappa shape index (κ2) is 5.76. The number of aromatic nitrogens is 3. The molecule has 1 aliphatic carbocycles.